The number of benzene rings is 2. The maximum Gasteiger partial charge on any atom is 0.245 e. The summed E-state index contributed by atoms with van der Waals surface area (Å²) in [4.78, 5) is 27.1. The first-order chi connectivity index (χ1) is 14.5. The van der Waals surface area contributed by atoms with Gasteiger partial charge in [0, 0.05) is 23.6 Å². The van der Waals surface area contributed by atoms with Crippen LogP contribution in [0.25, 0.3) is 16.9 Å². The van der Waals surface area contributed by atoms with Crippen molar-refractivity contribution in [1.82, 2.24) is 14.7 Å². The van der Waals surface area contributed by atoms with Gasteiger partial charge in [0.15, 0.2) is 0 Å². The van der Waals surface area contributed by atoms with Crippen LogP contribution in [0.2, 0.25) is 0 Å². The number of nitrogens with one attached hydrogen (secondary N) is 1. The lowest BCUT2D eigenvalue weighted by molar-refractivity contribution is -0.137. The fraction of sp³-hybridized carbons (Fsp3) is 0.292. The second-order valence-corrected chi connectivity index (χ2v) is 7.91. The van der Waals surface area contributed by atoms with Gasteiger partial charge in [-0.05, 0) is 38.8 Å². The summed E-state index contributed by atoms with van der Waals surface area (Å²) in [5.74, 6) is 0.503. The van der Waals surface area contributed by atoms with Crippen LogP contribution in [0.3, 0.4) is 0 Å². The number of hydrogen-bond acceptors (Lipinski definition) is 3. The zero-order chi connectivity index (χ0) is 21.1. The van der Waals surface area contributed by atoms with Crippen molar-refractivity contribution in [2.24, 2.45) is 5.92 Å². The van der Waals surface area contributed by atoms with Crippen LogP contribution in [-0.4, -0.2) is 39.1 Å². The highest BCUT2D eigenvalue weighted by Gasteiger charge is 2.35. The average Bonchev–Trinajstić information content (AvgIpc) is 3.53. The zero-order valence-electron chi connectivity index (χ0n) is 17.3. The Bertz CT molecular complexity index is 1020. The summed E-state index contributed by atoms with van der Waals surface area (Å²) in [6.07, 6.45) is 1.84. The summed E-state index contributed by atoms with van der Waals surface area (Å²) >= 11 is 0. The van der Waals surface area contributed by atoms with Crippen molar-refractivity contribution in [1.29, 1.82) is 0 Å². The molecule has 154 valence electrons. The summed E-state index contributed by atoms with van der Waals surface area (Å²) in [6.45, 7) is 3.91. The topological polar surface area (TPSA) is 67.2 Å². The van der Waals surface area contributed by atoms with Gasteiger partial charge in [-0.1, -0.05) is 48.5 Å². The number of para-hydroxylation sites is 1. The quantitative estimate of drug-likeness (QED) is 0.646. The first-order valence-electron chi connectivity index (χ1n) is 10.3. The Hall–Kier alpha value is -3.41. The minimum absolute atomic E-state index is 0.0252. The molecule has 3 aromatic rings. The minimum Gasteiger partial charge on any atom is -0.331 e. The highest BCUT2D eigenvalue weighted by molar-refractivity contribution is 5.95. The molecule has 0 spiro atoms. The van der Waals surface area contributed by atoms with Gasteiger partial charge >= 0.3 is 0 Å². The summed E-state index contributed by atoms with van der Waals surface area (Å²) in [6, 6.07) is 21.4. The second kappa shape index (κ2) is 8.53. The molecule has 1 saturated carbocycles. The van der Waals surface area contributed by atoms with Crippen LogP contribution >= 0.6 is 0 Å². The summed E-state index contributed by atoms with van der Waals surface area (Å²) < 4.78 is 1.72. The van der Waals surface area contributed by atoms with Crippen molar-refractivity contribution in [3.63, 3.8) is 0 Å². The molecular weight excluding hydrogens is 376 g/mol. The number of amides is 2. The lowest BCUT2D eigenvalue weighted by atomic mass is 10.1. The first-order valence-corrected chi connectivity index (χ1v) is 10.3. The van der Waals surface area contributed by atoms with Crippen LogP contribution in [0.4, 0.5) is 5.82 Å². The molecule has 1 aromatic heterocycles. The number of nitrogens with zero attached hydrogens (tertiary/aromatic N) is 3. The van der Waals surface area contributed by atoms with Gasteiger partial charge in [-0.2, -0.15) is 5.10 Å². The Morgan fingerprint density at radius 2 is 1.70 bits per heavy atom. The Morgan fingerprint density at radius 1 is 1.07 bits per heavy atom. The first kappa shape index (κ1) is 19.9. The van der Waals surface area contributed by atoms with Crippen LogP contribution < -0.4 is 5.32 Å². The van der Waals surface area contributed by atoms with E-state index in [1.54, 1.807) is 9.58 Å². The van der Waals surface area contributed by atoms with E-state index in [-0.39, 0.29) is 30.3 Å². The van der Waals surface area contributed by atoms with E-state index in [0.29, 0.717) is 5.82 Å². The van der Waals surface area contributed by atoms with Crippen LogP contribution in [0.5, 0.6) is 0 Å². The molecule has 2 aromatic carbocycles. The molecule has 30 heavy (non-hydrogen) atoms. The third-order valence-electron chi connectivity index (χ3n) is 5.19. The monoisotopic (exact) mass is 402 g/mol. The molecule has 0 bridgehead atoms. The van der Waals surface area contributed by atoms with E-state index < -0.39 is 0 Å². The molecule has 0 atom stereocenters. The van der Waals surface area contributed by atoms with E-state index in [1.165, 1.54) is 0 Å². The van der Waals surface area contributed by atoms with Gasteiger partial charge in [0.2, 0.25) is 11.8 Å². The number of rotatable bonds is 7. The normalized spacial score (nSPS) is 13.3. The molecule has 0 saturated heterocycles. The van der Waals surface area contributed by atoms with E-state index in [0.717, 1.165) is 29.8 Å². The van der Waals surface area contributed by atoms with Crippen molar-refractivity contribution >= 4 is 17.6 Å². The van der Waals surface area contributed by atoms with Crippen LogP contribution in [0.15, 0.2) is 66.7 Å². The van der Waals surface area contributed by atoms with Gasteiger partial charge in [-0.15, -0.1) is 0 Å². The lowest BCUT2D eigenvalue weighted by Gasteiger charge is -2.26. The predicted molar refractivity (Wildman–Crippen MR) is 117 cm³/mol. The van der Waals surface area contributed by atoms with Gasteiger partial charge < -0.3 is 10.2 Å². The molecule has 0 aliphatic heterocycles. The number of carbonyl (C=O) groups excluding carboxylic acids is 2. The fourth-order valence-electron chi connectivity index (χ4n) is 3.40. The molecule has 0 unspecified atom stereocenters. The van der Waals surface area contributed by atoms with Gasteiger partial charge in [0.25, 0.3) is 0 Å². The highest BCUT2D eigenvalue weighted by atomic mass is 16.2. The van der Waals surface area contributed by atoms with Crippen LogP contribution in [0.1, 0.15) is 26.7 Å². The largest absolute Gasteiger partial charge is 0.331 e. The molecule has 1 N–H and O–H groups in total. The summed E-state index contributed by atoms with van der Waals surface area (Å²) in [5, 5.41) is 7.68. The Morgan fingerprint density at radius 3 is 2.30 bits per heavy atom. The molecule has 4 rings (SSSR count). The van der Waals surface area contributed by atoms with E-state index in [1.807, 2.05) is 80.6 Å². The number of anilines is 1. The molecule has 1 heterocycles. The maximum absolute atomic E-state index is 12.9. The maximum atomic E-state index is 12.9. The molecule has 1 aliphatic carbocycles. The SMILES string of the molecule is CC(C)N(CC(=O)Nc1cc(-c2ccccc2)nn1-c1ccccc1)C(=O)C1CC1. The van der Waals surface area contributed by atoms with E-state index in [4.69, 9.17) is 5.10 Å². The predicted octanol–water partition coefficient (Wildman–Crippen LogP) is 4.12. The second-order valence-electron chi connectivity index (χ2n) is 7.91. The van der Waals surface area contributed by atoms with Gasteiger partial charge in [-0.25, -0.2) is 4.68 Å². The van der Waals surface area contributed by atoms with Crippen molar-refractivity contribution in [2.45, 2.75) is 32.7 Å². The number of hydrogen-bond donors (Lipinski definition) is 1. The molecule has 6 nitrogen and oxygen atoms in total. The Labute approximate surface area is 176 Å². The fourth-order valence-corrected chi connectivity index (χ4v) is 3.40. The van der Waals surface area contributed by atoms with Crippen LogP contribution in [0, 0.1) is 5.92 Å². The Kier molecular flexibility index (Phi) is 5.65. The van der Waals surface area contributed by atoms with Crippen molar-refractivity contribution in [3.8, 4) is 16.9 Å². The highest BCUT2D eigenvalue weighted by Crippen LogP contribution is 2.31. The van der Waals surface area contributed by atoms with Gasteiger partial charge in [-0.3, -0.25) is 9.59 Å². The van der Waals surface area contributed by atoms with Gasteiger partial charge in [0.1, 0.15) is 12.4 Å². The molecule has 1 aliphatic rings. The number of aromatic nitrogens is 2. The van der Waals surface area contributed by atoms with Crippen molar-refractivity contribution in [2.75, 3.05) is 11.9 Å². The van der Waals surface area contributed by atoms with Gasteiger partial charge in [0.05, 0.1) is 11.4 Å². The average molecular weight is 402 g/mol. The van der Waals surface area contributed by atoms with E-state index >= 15 is 0 Å². The van der Waals surface area contributed by atoms with Crippen molar-refractivity contribution < 1.29 is 9.59 Å². The molecule has 6 heteroatoms. The third kappa shape index (κ3) is 4.43. The molecule has 2 amide bonds. The minimum atomic E-state index is -0.227. The smallest absolute Gasteiger partial charge is 0.245 e. The molecule has 1 fully saturated rings. The summed E-state index contributed by atoms with van der Waals surface area (Å²) in [7, 11) is 0. The Balaban J connectivity index is 1.60. The van der Waals surface area contributed by atoms with Crippen LogP contribution in [-0.2, 0) is 9.59 Å². The summed E-state index contributed by atoms with van der Waals surface area (Å²) in [5.41, 5.74) is 2.59. The zero-order valence-corrected chi connectivity index (χ0v) is 17.3. The van der Waals surface area contributed by atoms with Crippen molar-refractivity contribution in [3.05, 3.63) is 66.7 Å². The van der Waals surface area contributed by atoms with E-state index in [2.05, 4.69) is 5.32 Å². The molecule has 0 radical (unpaired) electrons. The lowest BCUT2D eigenvalue weighted by Crippen LogP contribution is -2.43. The number of carbonyl (C=O) groups is 2. The third-order valence-corrected chi connectivity index (χ3v) is 5.19. The molecular formula is C24H26N4O2. The standard InChI is InChI=1S/C24H26N4O2/c1-17(2)27(24(30)19-13-14-19)16-23(29)25-22-15-21(18-9-5-3-6-10-18)26-28(22)20-11-7-4-8-12-20/h3-12,15,17,19H,13-14,16H2,1-2H3,(H,25,29). The van der Waals surface area contributed by atoms with E-state index in [9.17, 15) is 9.59 Å².